The van der Waals surface area contributed by atoms with Crippen LogP contribution in [0.15, 0.2) is 6.20 Å². The molecule has 1 aromatic rings. The monoisotopic (exact) mass is 216 g/mol. The number of hydrazine groups is 1. The number of carbonyl (C=O) groups is 1. The minimum absolute atomic E-state index is 0.190. The summed E-state index contributed by atoms with van der Waals surface area (Å²) in [6.07, 6.45) is 1.31. The third-order valence-electron chi connectivity index (χ3n) is 1.34. The van der Waals surface area contributed by atoms with Gasteiger partial charge >= 0.3 is 6.03 Å². The van der Waals surface area contributed by atoms with Gasteiger partial charge in [0.25, 0.3) is 0 Å². The predicted octanol–water partition coefficient (Wildman–Crippen LogP) is -0.0319. The van der Waals surface area contributed by atoms with Crippen LogP contribution < -0.4 is 21.9 Å². The van der Waals surface area contributed by atoms with Gasteiger partial charge in [-0.1, -0.05) is 11.6 Å². The SMILES string of the molecule is CNC(=O)NNc1nncc(N)c1Cl. The van der Waals surface area contributed by atoms with E-state index in [-0.39, 0.29) is 16.5 Å². The summed E-state index contributed by atoms with van der Waals surface area (Å²) in [7, 11) is 1.48. The first kappa shape index (κ1) is 10.3. The average Bonchev–Trinajstić information content (AvgIpc) is 2.20. The van der Waals surface area contributed by atoms with Crippen LogP contribution in [0.3, 0.4) is 0 Å². The van der Waals surface area contributed by atoms with Gasteiger partial charge in [-0.2, -0.15) is 5.10 Å². The number of urea groups is 1. The molecule has 2 amide bonds. The highest BCUT2D eigenvalue weighted by Gasteiger charge is 2.06. The molecule has 14 heavy (non-hydrogen) atoms. The van der Waals surface area contributed by atoms with Crippen LogP contribution >= 0.6 is 11.6 Å². The Labute approximate surface area is 85.0 Å². The molecule has 1 aromatic heterocycles. The maximum atomic E-state index is 10.8. The third kappa shape index (κ3) is 2.36. The van der Waals surface area contributed by atoms with Crippen LogP contribution in [0.5, 0.6) is 0 Å². The minimum Gasteiger partial charge on any atom is -0.396 e. The summed E-state index contributed by atoms with van der Waals surface area (Å²) in [5.74, 6) is 0.190. The molecule has 0 aliphatic heterocycles. The number of nitrogens with one attached hydrogen (secondary N) is 3. The number of carbonyl (C=O) groups excluding carboxylic acids is 1. The fraction of sp³-hybridized carbons (Fsp3) is 0.167. The predicted molar refractivity (Wildman–Crippen MR) is 52.7 cm³/mol. The standard InChI is InChI=1S/C6H9ClN6O/c1-9-6(14)13-12-5-4(7)3(8)2-10-11-5/h2H,1H3,(H3,8,11,12)(H2,9,13,14). The van der Waals surface area contributed by atoms with Crippen molar-refractivity contribution in [3.63, 3.8) is 0 Å². The van der Waals surface area contributed by atoms with Crippen LogP contribution in [0.25, 0.3) is 0 Å². The highest BCUT2D eigenvalue weighted by Crippen LogP contribution is 2.23. The third-order valence-corrected chi connectivity index (χ3v) is 1.73. The van der Waals surface area contributed by atoms with Crippen molar-refractivity contribution in [1.29, 1.82) is 0 Å². The smallest absolute Gasteiger partial charge is 0.333 e. The first-order valence-corrected chi connectivity index (χ1v) is 4.03. The van der Waals surface area contributed by atoms with Crippen LogP contribution in [0.2, 0.25) is 5.02 Å². The number of nitrogens with two attached hydrogens (primary N) is 1. The van der Waals surface area contributed by atoms with E-state index in [2.05, 4.69) is 26.4 Å². The fourth-order valence-corrected chi connectivity index (χ4v) is 0.778. The highest BCUT2D eigenvalue weighted by molar-refractivity contribution is 6.35. The first-order valence-electron chi connectivity index (χ1n) is 3.65. The molecule has 0 fully saturated rings. The molecule has 76 valence electrons. The van der Waals surface area contributed by atoms with E-state index in [0.717, 1.165) is 0 Å². The van der Waals surface area contributed by atoms with E-state index in [9.17, 15) is 4.79 Å². The van der Waals surface area contributed by atoms with Crippen molar-refractivity contribution in [3.05, 3.63) is 11.2 Å². The van der Waals surface area contributed by atoms with E-state index in [1.54, 1.807) is 0 Å². The molecule has 0 unspecified atom stereocenters. The van der Waals surface area contributed by atoms with E-state index in [1.165, 1.54) is 13.2 Å². The number of aromatic nitrogens is 2. The molecule has 0 bridgehead atoms. The van der Waals surface area contributed by atoms with Crippen LogP contribution in [-0.4, -0.2) is 23.3 Å². The Bertz CT molecular complexity index is 343. The molecule has 0 radical (unpaired) electrons. The quantitative estimate of drug-likeness (QED) is 0.520. The molecule has 0 saturated carbocycles. The molecule has 5 N–H and O–H groups in total. The Morgan fingerprint density at radius 3 is 3.00 bits per heavy atom. The zero-order valence-corrected chi connectivity index (χ0v) is 8.09. The second-order valence-corrected chi connectivity index (χ2v) is 2.67. The van der Waals surface area contributed by atoms with Gasteiger partial charge in [-0.15, -0.1) is 5.10 Å². The van der Waals surface area contributed by atoms with E-state index in [0.29, 0.717) is 0 Å². The van der Waals surface area contributed by atoms with Crippen LogP contribution in [-0.2, 0) is 0 Å². The lowest BCUT2D eigenvalue weighted by atomic mass is 10.5. The molecule has 1 heterocycles. The lowest BCUT2D eigenvalue weighted by molar-refractivity contribution is 0.244. The lowest BCUT2D eigenvalue weighted by Crippen LogP contribution is -2.37. The molecule has 1 rings (SSSR count). The molecule has 0 saturated heterocycles. The Balaban J connectivity index is 2.68. The van der Waals surface area contributed by atoms with E-state index in [1.807, 2.05) is 0 Å². The first-order chi connectivity index (χ1) is 6.65. The number of hydrogen-bond donors (Lipinski definition) is 4. The summed E-state index contributed by atoms with van der Waals surface area (Å²) in [5.41, 5.74) is 10.5. The average molecular weight is 217 g/mol. The number of amides is 2. The second-order valence-electron chi connectivity index (χ2n) is 2.29. The number of anilines is 2. The minimum atomic E-state index is -0.426. The van der Waals surface area contributed by atoms with Gasteiger partial charge in [0, 0.05) is 7.05 Å². The van der Waals surface area contributed by atoms with E-state index < -0.39 is 6.03 Å². The Morgan fingerprint density at radius 2 is 2.36 bits per heavy atom. The van der Waals surface area contributed by atoms with Crippen molar-refractivity contribution in [2.45, 2.75) is 0 Å². The van der Waals surface area contributed by atoms with E-state index >= 15 is 0 Å². The van der Waals surface area contributed by atoms with Crippen molar-refractivity contribution >= 4 is 29.1 Å². The van der Waals surface area contributed by atoms with Gasteiger partial charge in [-0.25, -0.2) is 4.79 Å². The van der Waals surface area contributed by atoms with Crippen LogP contribution in [0.1, 0.15) is 0 Å². The second kappa shape index (κ2) is 4.47. The van der Waals surface area contributed by atoms with Gasteiger partial charge in [-0.3, -0.25) is 10.9 Å². The topological polar surface area (TPSA) is 105 Å². The molecule has 0 spiro atoms. The summed E-state index contributed by atoms with van der Waals surface area (Å²) in [5, 5.41) is 9.72. The van der Waals surface area contributed by atoms with Crippen molar-refractivity contribution < 1.29 is 4.79 Å². The molecule has 0 aliphatic carbocycles. The van der Waals surface area contributed by atoms with Crippen molar-refractivity contribution in [2.24, 2.45) is 0 Å². The van der Waals surface area contributed by atoms with E-state index in [4.69, 9.17) is 17.3 Å². The summed E-state index contributed by atoms with van der Waals surface area (Å²) >= 11 is 5.76. The van der Waals surface area contributed by atoms with Gasteiger partial charge in [0.05, 0.1) is 11.9 Å². The van der Waals surface area contributed by atoms with Gasteiger partial charge in [-0.05, 0) is 0 Å². The number of hydrogen-bond acceptors (Lipinski definition) is 5. The molecule has 7 nitrogen and oxygen atoms in total. The van der Waals surface area contributed by atoms with Gasteiger partial charge < -0.3 is 11.1 Å². The maximum absolute atomic E-state index is 10.8. The Kier molecular flexibility index (Phi) is 3.29. The van der Waals surface area contributed by atoms with Gasteiger partial charge in [0.1, 0.15) is 5.02 Å². The Morgan fingerprint density at radius 1 is 1.64 bits per heavy atom. The van der Waals surface area contributed by atoms with Gasteiger partial charge in [0.15, 0.2) is 5.82 Å². The molecular formula is C6H9ClN6O. The Hall–Kier alpha value is -1.76. The van der Waals surface area contributed by atoms with Crippen LogP contribution in [0, 0.1) is 0 Å². The zero-order chi connectivity index (χ0) is 10.6. The summed E-state index contributed by atoms with van der Waals surface area (Å²) in [6, 6.07) is -0.426. The van der Waals surface area contributed by atoms with Crippen molar-refractivity contribution in [3.8, 4) is 0 Å². The molecule has 0 aromatic carbocycles. The summed E-state index contributed by atoms with van der Waals surface area (Å²) in [4.78, 5) is 10.8. The zero-order valence-electron chi connectivity index (χ0n) is 7.34. The molecule has 8 heteroatoms. The number of rotatable bonds is 2. The maximum Gasteiger partial charge on any atom is 0.333 e. The van der Waals surface area contributed by atoms with Crippen molar-refractivity contribution in [1.82, 2.24) is 20.9 Å². The molecular weight excluding hydrogens is 208 g/mol. The molecule has 0 atom stereocenters. The number of nitrogens with zero attached hydrogens (tertiary/aromatic N) is 2. The number of halogens is 1. The molecule has 0 aliphatic rings. The summed E-state index contributed by atoms with van der Waals surface area (Å²) < 4.78 is 0. The van der Waals surface area contributed by atoms with Crippen molar-refractivity contribution in [2.75, 3.05) is 18.2 Å². The fourth-order valence-electron chi connectivity index (χ4n) is 0.644. The largest absolute Gasteiger partial charge is 0.396 e. The highest BCUT2D eigenvalue weighted by atomic mass is 35.5. The lowest BCUT2D eigenvalue weighted by Gasteiger charge is -2.08. The normalized spacial score (nSPS) is 9.29. The van der Waals surface area contributed by atoms with Crippen LogP contribution in [0.4, 0.5) is 16.3 Å². The summed E-state index contributed by atoms with van der Waals surface area (Å²) in [6.45, 7) is 0. The number of nitrogen functional groups attached to an aromatic ring is 1. The van der Waals surface area contributed by atoms with Gasteiger partial charge in [0.2, 0.25) is 0 Å².